The Bertz CT molecular complexity index is 1160. The summed E-state index contributed by atoms with van der Waals surface area (Å²) in [6.07, 6.45) is 1.59. The minimum absolute atomic E-state index is 0.00667. The van der Waals surface area contributed by atoms with Gasteiger partial charge in [-0.25, -0.2) is 4.98 Å². The molecule has 0 radical (unpaired) electrons. The number of benzene rings is 2. The summed E-state index contributed by atoms with van der Waals surface area (Å²) in [5, 5.41) is 7.56. The van der Waals surface area contributed by atoms with E-state index in [1.807, 2.05) is 42.5 Å². The van der Waals surface area contributed by atoms with Crippen molar-refractivity contribution in [3.8, 4) is 0 Å². The second kappa shape index (κ2) is 9.57. The van der Waals surface area contributed by atoms with E-state index in [2.05, 4.69) is 28.5 Å². The quantitative estimate of drug-likeness (QED) is 0.591. The van der Waals surface area contributed by atoms with Gasteiger partial charge in [0.25, 0.3) is 0 Å². The van der Waals surface area contributed by atoms with Crippen LogP contribution in [0.25, 0.3) is 10.9 Å². The van der Waals surface area contributed by atoms with Crippen LogP contribution in [0.1, 0.15) is 30.9 Å². The van der Waals surface area contributed by atoms with E-state index < -0.39 is 0 Å². The van der Waals surface area contributed by atoms with Crippen molar-refractivity contribution < 1.29 is 9.59 Å². The smallest absolute Gasteiger partial charge is 0.223 e. The van der Waals surface area contributed by atoms with Gasteiger partial charge in [0.05, 0.1) is 5.52 Å². The first-order valence-corrected chi connectivity index (χ1v) is 11.2. The van der Waals surface area contributed by atoms with Crippen LogP contribution in [0.2, 0.25) is 5.02 Å². The standard InChI is InChI=1S/C25H27ClN4O2/c1-16-12-24(29-23-7-6-21(14-22(16)23)28-17(2)31)30-10-8-19(9-11-30)25(32)27-15-18-4-3-5-20(26)13-18/h3-7,12-14,19H,8-11,15H2,1-2H3,(H,27,32)(H,28,31). The van der Waals surface area contributed by atoms with Gasteiger partial charge in [0.15, 0.2) is 0 Å². The number of piperidine rings is 1. The predicted octanol–water partition coefficient (Wildman–Crippen LogP) is 4.69. The van der Waals surface area contributed by atoms with Gasteiger partial charge in [0, 0.05) is 48.6 Å². The number of pyridine rings is 1. The molecule has 166 valence electrons. The van der Waals surface area contributed by atoms with Crippen LogP contribution in [-0.4, -0.2) is 29.9 Å². The van der Waals surface area contributed by atoms with Crippen LogP contribution in [0.4, 0.5) is 11.5 Å². The Balaban J connectivity index is 1.38. The van der Waals surface area contributed by atoms with Crippen LogP contribution in [0, 0.1) is 12.8 Å². The highest BCUT2D eigenvalue weighted by Gasteiger charge is 2.25. The number of carbonyl (C=O) groups excluding carboxylic acids is 2. The molecule has 2 aromatic carbocycles. The molecule has 0 bridgehead atoms. The van der Waals surface area contributed by atoms with Crippen LogP contribution in [0.5, 0.6) is 0 Å². The van der Waals surface area contributed by atoms with Crippen molar-refractivity contribution in [1.82, 2.24) is 10.3 Å². The fourth-order valence-electron chi connectivity index (χ4n) is 4.17. The third-order valence-corrected chi connectivity index (χ3v) is 6.10. The molecule has 0 spiro atoms. The maximum atomic E-state index is 12.6. The Kier molecular flexibility index (Phi) is 6.61. The minimum atomic E-state index is -0.0916. The fraction of sp³-hybridized carbons (Fsp3) is 0.320. The molecule has 1 aliphatic rings. The van der Waals surface area contributed by atoms with E-state index in [0.29, 0.717) is 11.6 Å². The number of rotatable bonds is 5. The van der Waals surface area contributed by atoms with E-state index in [4.69, 9.17) is 16.6 Å². The summed E-state index contributed by atoms with van der Waals surface area (Å²) in [5.41, 5.74) is 3.78. The predicted molar refractivity (Wildman–Crippen MR) is 129 cm³/mol. The first-order valence-electron chi connectivity index (χ1n) is 10.8. The molecule has 2 heterocycles. The topological polar surface area (TPSA) is 74.3 Å². The lowest BCUT2D eigenvalue weighted by atomic mass is 9.95. The molecule has 0 unspecified atom stereocenters. The Morgan fingerprint density at radius 1 is 1.12 bits per heavy atom. The molecule has 1 aliphatic heterocycles. The molecule has 0 atom stereocenters. The first kappa shape index (κ1) is 22.1. The monoisotopic (exact) mass is 450 g/mol. The number of nitrogens with one attached hydrogen (secondary N) is 2. The third kappa shape index (κ3) is 5.19. The van der Waals surface area contributed by atoms with Gasteiger partial charge in [-0.3, -0.25) is 9.59 Å². The Labute approximate surface area is 193 Å². The average Bonchev–Trinajstić information content (AvgIpc) is 2.77. The van der Waals surface area contributed by atoms with Crippen molar-refractivity contribution in [3.63, 3.8) is 0 Å². The van der Waals surface area contributed by atoms with Crippen molar-refractivity contribution >= 4 is 45.8 Å². The molecular weight excluding hydrogens is 424 g/mol. The number of halogens is 1. The van der Waals surface area contributed by atoms with Gasteiger partial charge in [-0.05, 0) is 67.3 Å². The summed E-state index contributed by atoms with van der Waals surface area (Å²) in [7, 11) is 0. The molecule has 1 saturated heterocycles. The van der Waals surface area contributed by atoms with Crippen LogP contribution in [0.15, 0.2) is 48.5 Å². The van der Waals surface area contributed by atoms with Gasteiger partial charge in [0.1, 0.15) is 5.82 Å². The lowest BCUT2D eigenvalue weighted by Crippen LogP contribution is -2.40. The van der Waals surface area contributed by atoms with Gasteiger partial charge >= 0.3 is 0 Å². The Morgan fingerprint density at radius 3 is 2.62 bits per heavy atom. The zero-order valence-corrected chi connectivity index (χ0v) is 19.1. The first-order chi connectivity index (χ1) is 15.4. The molecule has 6 nitrogen and oxygen atoms in total. The van der Waals surface area contributed by atoms with Crippen LogP contribution in [-0.2, 0) is 16.1 Å². The SMILES string of the molecule is CC(=O)Nc1ccc2nc(N3CCC(C(=O)NCc4cccc(Cl)c4)CC3)cc(C)c2c1. The van der Waals surface area contributed by atoms with E-state index in [9.17, 15) is 9.59 Å². The zero-order valence-electron chi connectivity index (χ0n) is 18.3. The minimum Gasteiger partial charge on any atom is -0.357 e. The Hall–Kier alpha value is -3.12. The van der Waals surface area contributed by atoms with Crippen molar-refractivity contribution in [2.45, 2.75) is 33.2 Å². The van der Waals surface area contributed by atoms with Crippen LogP contribution in [0.3, 0.4) is 0 Å². The van der Waals surface area contributed by atoms with E-state index >= 15 is 0 Å². The van der Waals surface area contributed by atoms with E-state index in [1.165, 1.54) is 6.92 Å². The molecule has 0 saturated carbocycles. The average molecular weight is 451 g/mol. The molecule has 2 N–H and O–H groups in total. The highest BCUT2D eigenvalue weighted by atomic mass is 35.5. The number of nitrogens with zero attached hydrogens (tertiary/aromatic N) is 2. The lowest BCUT2D eigenvalue weighted by molar-refractivity contribution is -0.125. The summed E-state index contributed by atoms with van der Waals surface area (Å²) in [6, 6.07) is 15.4. The summed E-state index contributed by atoms with van der Waals surface area (Å²) in [4.78, 5) is 31.0. The molecule has 1 fully saturated rings. The molecule has 2 amide bonds. The highest BCUT2D eigenvalue weighted by Crippen LogP contribution is 2.28. The maximum Gasteiger partial charge on any atom is 0.223 e. The van der Waals surface area contributed by atoms with Crippen molar-refractivity contribution in [2.24, 2.45) is 5.92 Å². The number of carbonyl (C=O) groups is 2. The molecule has 4 rings (SSSR count). The van der Waals surface area contributed by atoms with Crippen LogP contribution >= 0.6 is 11.6 Å². The van der Waals surface area contributed by atoms with Gasteiger partial charge < -0.3 is 15.5 Å². The molecular formula is C25H27ClN4O2. The number of aromatic nitrogens is 1. The summed E-state index contributed by atoms with van der Waals surface area (Å²) in [5.74, 6) is 0.941. The number of aryl methyl sites for hydroxylation is 1. The van der Waals surface area contributed by atoms with Crippen molar-refractivity contribution in [3.05, 3.63) is 64.7 Å². The molecule has 1 aromatic heterocycles. The lowest BCUT2D eigenvalue weighted by Gasteiger charge is -2.32. The molecule has 3 aromatic rings. The van der Waals surface area contributed by atoms with Crippen molar-refractivity contribution in [2.75, 3.05) is 23.3 Å². The third-order valence-electron chi connectivity index (χ3n) is 5.87. The fourth-order valence-corrected chi connectivity index (χ4v) is 4.38. The number of fused-ring (bicyclic) bond motifs is 1. The summed E-state index contributed by atoms with van der Waals surface area (Å²) < 4.78 is 0. The van der Waals surface area contributed by atoms with Gasteiger partial charge in [0.2, 0.25) is 11.8 Å². The number of hydrogen-bond acceptors (Lipinski definition) is 4. The van der Waals surface area contributed by atoms with Gasteiger partial charge in [-0.1, -0.05) is 23.7 Å². The number of hydrogen-bond donors (Lipinski definition) is 2. The maximum absolute atomic E-state index is 12.6. The van der Waals surface area contributed by atoms with Gasteiger partial charge in [-0.15, -0.1) is 0 Å². The highest BCUT2D eigenvalue weighted by molar-refractivity contribution is 6.30. The second-order valence-electron chi connectivity index (χ2n) is 8.32. The van der Waals surface area contributed by atoms with Crippen LogP contribution < -0.4 is 15.5 Å². The molecule has 7 heteroatoms. The van der Waals surface area contributed by atoms with E-state index in [0.717, 1.165) is 59.5 Å². The van der Waals surface area contributed by atoms with E-state index in [-0.39, 0.29) is 17.7 Å². The summed E-state index contributed by atoms with van der Waals surface area (Å²) >= 11 is 6.02. The number of anilines is 2. The summed E-state index contributed by atoms with van der Waals surface area (Å²) in [6.45, 7) is 5.63. The van der Waals surface area contributed by atoms with Crippen molar-refractivity contribution in [1.29, 1.82) is 0 Å². The van der Waals surface area contributed by atoms with E-state index in [1.54, 1.807) is 0 Å². The normalized spacial score (nSPS) is 14.4. The Morgan fingerprint density at radius 2 is 1.91 bits per heavy atom. The molecule has 32 heavy (non-hydrogen) atoms. The van der Waals surface area contributed by atoms with Gasteiger partial charge in [-0.2, -0.15) is 0 Å². The second-order valence-corrected chi connectivity index (χ2v) is 8.76. The zero-order chi connectivity index (χ0) is 22.7. The number of amides is 2. The molecule has 0 aliphatic carbocycles. The largest absolute Gasteiger partial charge is 0.357 e.